The van der Waals surface area contributed by atoms with Crippen molar-refractivity contribution in [3.63, 3.8) is 0 Å². The van der Waals surface area contributed by atoms with Gasteiger partial charge < -0.3 is 5.11 Å². The first kappa shape index (κ1) is 8.70. The molecule has 1 N–H and O–H groups in total. The van der Waals surface area contributed by atoms with Crippen molar-refractivity contribution in [2.24, 2.45) is 5.41 Å². The molecule has 1 saturated carbocycles. The fraction of sp³-hybridized carbons (Fsp3) is 0.545. The molecule has 1 unspecified atom stereocenters. The van der Waals surface area contributed by atoms with E-state index in [2.05, 4.69) is 11.9 Å². The number of aromatic nitrogens is 1. The van der Waals surface area contributed by atoms with E-state index < -0.39 is 0 Å². The lowest BCUT2D eigenvalue weighted by Crippen LogP contribution is -2.04. The molecule has 0 aliphatic heterocycles. The van der Waals surface area contributed by atoms with Gasteiger partial charge >= 0.3 is 0 Å². The topological polar surface area (TPSA) is 33.1 Å². The molecule has 0 radical (unpaired) electrons. The van der Waals surface area contributed by atoms with Crippen molar-refractivity contribution in [2.75, 3.05) is 0 Å². The van der Waals surface area contributed by atoms with Crippen LogP contribution in [0, 0.1) is 5.41 Å². The van der Waals surface area contributed by atoms with Crippen molar-refractivity contribution in [3.05, 3.63) is 30.1 Å². The standard InChI is InChI=1S/C11H15NO/c1-11(4-5-11)7-10(13)9-3-2-6-12-8-9/h2-3,6,8,10,13H,4-5,7H2,1H3. The van der Waals surface area contributed by atoms with E-state index in [0.717, 1.165) is 12.0 Å². The van der Waals surface area contributed by atoms with Crippen LogP contribution in [0.15, 0.2) is 24.5 Å². The largest absolute Gasteiger partial charge is 0.388 e. The third kappa shape index (κ3) is 2.07. The molecule has 2 heteroatoms. The minimum Gasteiger partial charge on any atom is -0.388 e. The number of hydrogen-bond acceptors (Lipinski definition) is 2. The summed E-state index contributed by atoms with van der Waals surface area (Å²) in [5.41, 5.74) is 1.34. The second-order valence-corrected chi connectivity index (χ2v) is 4.32. The van der Waals surface area contributed by atoms with E-state index in [1.54, 1.807) is 12.4 Å². The number of aliphatic hydroxyl groups excluding tert-OH is 1. The van der Waals surface area contributed by atoms with Crippen LogP contribution in [0.5, 0.6) is 0 Å². The summed E-state index contributed by atoms with van der Waals surface area (Å²) in [7, 11) is 0. The summed E-state index contributed by atoms with van der Waals surface area (Å²) in [6.07, 6.45) is 6.53. The summed E-state index contributed by atoms with van der Waals surface area (Å²) >= 11 is 0. The first-order valence-corrected chi connectivity index (χ1v) is 4.78. The Morgan fingerprint density at radius 2 is 2.38 bits per heavy atom. The van der Waals surface area contributed by atoms with Gasteiger partial charge in [-0.05, 0) is 36.3 Å². The molecule has 0 saturated heterocycles. The Kier molecular flexibility index (Phi) is 2.08. The zero-order valence-corrected chi connectivity index (χ0v) is 7.90. The molecule has 2 rings (SSSR count). The molecule has 0 aromatic carbocycles. The number of hydrogen-bond donors (Lipinski definition) is 1. The van der Waals surface area contributed by atoms with Gasteiger partial charge in [0.25, 0.3) is 0 Å². The first-order valence-electron chi connectivity index (χ1n) is 4.78. The Morgan fingerprint density at radius 3 is 2.92 bits per heavy atom. The van der Waals surface area contributed by atoms with E-state index in [0.29, 0.717) is 5.41 Å². The first-order chi connectivity index (χ1) is 6.20. The lowest BCUT2D eigenvalue weighted by atomic mass is 9.97. The fourth-order valence-corrected chi connectivity index (χ4v) is 1.58. The number of aliphatic hydroxyl groups is 1. The molecule has 70 valence electrons. The molecule has 0 amide bonds. The average molecular weight is 177 g/mol. The zero-order chi connectivity index (χ0) is 9.31. The SMILES string of the molecule is CC1(CC(O)c2cccnc2)CC1. The second kappa shape index (κ2) is 3.11. The molecule has 2 nitrogen and oxygen atoms in total. The maximum atomic E-state index is 9.86. The third-order valence-corrected chi connectivity index (χ3v) is 2.86. The normalized spacial score (nSPS) is 21.1. The van der Waals surface area contributed by atoms with Gasteiger partial charge in [-0.25, -0.2) is 0 Å². The zero-order valence-electron chi connectivity index (χ0n) is 7.90. The highest BCUT2D eigenvalue weighted by Crippen LogP contribution is 2.50. The van der Waals surface area contributed by atoms with Crippen LogP contribution in [-0.4, -0.2) is 10.1 Å². The molecule has 1 fully saturated rings. The smallest absolute Gasteiger partial charge is 0.0810 e. The summed E-state index contributed by atoms with van der Waals surface area (Å²) < 4.78 is 0. The Labute approximate surface area is 78.6 Å². The number of rotatable bonds is 3. The van der Waals surface area contributed by atoms with Crippen molar-refractivity contribution < 1.29 is 5.11 Å². The van der Waals surface area contributed by atoms with Crippen molar-refractivity contribution in [3.8, 4) is 0 Å². The van der Waals surface area contributed by atoms with E-state index in [1.165, 1.54) is 12.8 Å². The molecule has 1 aliphatic carbocycles. The van der Waals surface area contributed by atoms with Gasteiger partial charge in [0, 0.05) is 12.4 Å². The van der Waals surface area contributed by atoms with Crippen molar-refractivity contribution in [2.45, 2.75) is 32.3 Å². The molecule has 1 aliphatic rings. The Balaban J connectivity index is 2.01. The molecule has 1 heterocycles. The molecule has 1 aromatic rings. The van der Waals surface area contributed by atoms with Crippen LogP contribution < -0.4 is 0 Å². The van der Waals surface area contributed by atoms with Gasteiger partial charge in [-0.15, -0.1) is 0 Å². The van der Waals surface area contributed by atoms with Crippen molar-refractivity contribution >= 4 is 0 Å². The minimum atomic E-state index is -0.332. The van der Waals surface area contributed by atoms with Gasteiger partial charge in [-0.1, -0.05) is 13.0 Å². The highest BCUT2D eigenvalue weighted by molar-refractivity contribution is 5.13. The van der Waals surface area contributed by atoms with Crippen molar-refractivity contribution in [1.29, 1.82) is 0 Å². The average Bonchev–Trinajstić information content (AvgIpc) is 2.85. The molecule has 0 spiro atoms. The lowest BCUT2D eigenvalue weighted by Gasteiger charge is -2.14. The van der Waals surface area contributed by atoms with Gasteiger partial charge in [0.05, 0.1) is 6.10 Å². The van der Waals surface area contributed by atoms with Crippen LogP contribution in [0.2, 0.25) is 0 Å². The molecule has 13 heavy (non-hydrogen) atoms. The van der Waals surface area contributed by atoms with E-state index in [9.17, 15) is 5.11 Å². The summed E-state index contributed by atoms with van der Waals surface area (Å²) in [6.45, 7) is 2.23. The predicted octanol–water partition coefficient (Wildman–Crippen LogP) is 2.31. The molecular weight excluding hydrogens is 162 g/mol. The lowest BCUT2D eigenvalue weighted by molar-refractivity contribution is 0.142. The Morgan fingerprint density at radius 1 is 1.62 bits per heavy atom. The quantitative estimate of drug-likeness (QED) is 0.768. The van der Waals surface area contributed by atoms with Crippen LogP contribution >= 0.6 is 0 Å². The molecule has 1 atom stereocenters. The number of pyridine rings is 1. The highest BCUT2D eigenvalue weighted by atomic mass is 16.3. The van der Waals surface area contributed by atoms with Gasteiger partial charge in [0.1, 0.15) is 0 Å². The molecular formula is C11H15NO. The van der Waals surface area contributed by atoms with Gasteiger partial charge in [-0.2, -0.15) is 0 Å². The summed E-state index contributed by atoms with van der Waals surface area (Å²) in [5, 5.41) is 9.86. The van der Waals surface area contributed by atoms with Gasteiger partial charge in [-0.3, -0.25) is 4.98 Å². The Hall–Kier alpha value is -0.890. The van der Waals surface area contributed by atoms with E-state index in [1.807, 2.05) is 12.1 Å². The van der Waals surface area contributed by atoms with Crippen LogP contribution in [0.25, 0.3) is 0 Å². The van der Waals surface area contributed by atoms with Crippen LogP contribution in [0.1, 0.15) is 37.9 Å². The maximum absolute atomic E-state index is 9.86. The fourth-order valence-electron chi connectivity index (χ4n) is 1.58. The van der Waals surface area contributed by atoms with Gasteiger partial charge in [0.2, 0.25) is 0 Å². The second-order valence-electron chi connectivity index (χ2n) is 4.32. The van der Waals surface area contributed by atoms with Crippen LogP contribution in [0.3, 0.4) is 0 Å². The van der Waals surface area contributed by atoms with Gasteiger partial charge in [0.15, 0.2) is 0 Å². The number of nitrogens with zero attached hydrogens (tertiary/aromatic N) is 1. The van der Waals surface area contributed by atoms with E-state index >= 15 is 0 Å². The van der Waals surface area contributed by atoms with Crippen LogP contribution in [-0.2, 0) is 0 Å². The molecule has 0 bridgehead atoms. The third-order valence-electron chi connectivity index (χ3n) is 2.86. The van der Waals surface area contributed by atoms with E-state index in [-0.39, 0.29) is 6.10 Å². The molecule has 1 aromatic heterocycles. The van der Waals surface area contributed by atoms with Crippen LogP contribution in [0.4, 0.5) is 0 Å². The van der Waals surface area contributed by atoms with E-state index in [4.69, 9.17) is 0 Å². The summed E-state index contributed by atoms with van der Waals surface area (Å²) in [6, 6.07) is 3.80. The summed E-state index contributed by atoms with van der Waals surface area (Å²) in [5.74, 6) is 0. The Bertz CT molecular complexity index is 279. The monoisotopic (exact) mass is 177 g/mol. The highest BCUT2D eigenvalue weighted by Gasteiger charge is 2.39. The maximum Gasteiger partial charge on any atom is 0.0810 e. The van der Waals surface area contributed by atoms with Crippen molar-refractivity contribution in [1.82, 2.24) is 4.98 Å². The summed E-state index contributed by atoms with van der Waals surface area (Å²) in [4.78, 5) is 4.00. The predicted molar refractivity (Wildman–Crippen MR) is 51.2 cm³/mol. The minimum absolute atomic E-state index is 0.332.